The number of aromatic nitrogens is 1. The van der Waals surface area contributed by atoms with Crippen molar-refractivity contribution in [3.63, 3.8) is 0 Å². The summed E-state index contributed by atoms with van der Waals surface area (Å²) < 4.78 is 0.980. The number of thiophene rings is 1. The summed E-state index contributed by atoms with van der Waals surface area (Å²) in [6.07, 6.45) is 3.89. The average Bonchev–Trinajstić information content (AvgIpc) is 3.04. The third-order valence-electron chi connectivity index (χ3n) is 4.01. The van der Waals surface area contributed by atoms with Crippen molar-refractivity contribution in [3.05, 3.63) is 23.2 Å². The summed E-state index contributed by atoms with van der Waals surface area (Å²) in [7, 11) is 0. The zero-order valence-corrected chi connectivity index (χ0v) is 12.6. The molecular formula is C15H19N3OS. The quantitative estimate of drug-likeness (QED) is 0.924. The average molecular weight is 289 g/mol. The van der Waals surface area contributed by atoms with Gasteiger partial charge in [0.05, 0.1) is 10.4 Å². The second kappa shape index (κ2) is 5.05. The Morgan fingerprint density at radius 2 is 2.35 bits per heavy atom. The van der Waals surface area contributed by atoms with Gasteiger partial charge in [0.15, 0.2) is 0 Å². The Morgan fingerprint density at radius 1 is 1.55 bits per heavy atom. The number of pyridine rings is 1. The summed E-state index contributed by atoms with van der Waals surface area (Å²) in [5.41, 5.74) is 7.41. The molecule has 0 spiro atoms. The Bertz CT molecular complexity index is 650. The van der Waals surface area contributed by atoms with Gasteiger partial charge in [0, 0.05) is 18.8 Å². The number of nitrogen functional groups attached to an aromatic ring is 1. The molecule has 106 valence electrons. The summed E-state index contributed by atoms with van der Waals surface area (Å²) in [6, 6.07) is 4.17. The molecule has 3 heterocycles. The highest BCUT2D eigenvalue weighted by atomic mass is 32.1. The SMILES string of the molecule is CC(C)C1CCCN1C(=O)c1sc2cccnc2c1N. The van der Waals surface area contributed by atoms with Crippen LogP contribution in [-0.4, -0.2) is 28.4 Å². The number of nitrogens with zero attached hydrogens (tertiary/aromatic N) is 2. The van der Waals surface area contributed by atoms with Gasteiger partial charge in [-0.2, -0.15) is 0 Å². The predicted octanol–water partition coefficient (Wildman–Crippen LogP) is 3.14. The Kier molecular flexibility index (Phi) is 3.38. The van der Waals surface area contributed by atoms with Crippen LogP contribution in [0.15, 0.2) is 18.3 Å². The highest BCUT2D eigenvalue weighted by molar-refractivity contribution is 7.21. The summed E-state index contributed by atoms with van der Waals surface area (Å²) >= 11 is 1.45. The minimum Gasteiger partial charge on any atom is -0.396 e. The molecule has 4 nitrogen and oxygen atoms in total. The number of nitrogens with two attached hydrogens (primary N) is 1. The van der Waals surface area contributed by atoms with Crippen molar-refractivity contribution in [2.24, 2.45) is 5.92 Å². The van der Waals surface area contributed by atoms with Crippen molar-refractivity contribution in [2.45, 2.75) is 32.7 Å². The number of anilines is 1. The standard InChI is InChI=1S/C15H19N3OS/c1-9(2)10-5-4-8-18(10)15(19)14-12(16)13-11(20-14)6-3-7-17-13/h3,6-7,9-10H,4-5,8,16H2,1-2H3. The molecule has 5 heteroatoms. The maximum absolute atomic E-state index is 12.8. The highest BCUT2D eigenvalue weighted by Crippen LogP contribution is 2.35. The van der Waals surface area contributed by atoms with Crippen LogP contribution in [0.2, 0.25) is 0 Å². The fourth-order valence-corrected chi connectivity index (χ4v) is 4.01. The van der Waals surface area contributed by atoms with Gasteiger partial charge in [-0.25, -0.2) is 0 Å². The van der Waals surface area contributed by atoms with Gasteiger partial charge in [-0.05, 0) is 30.9 Å². The number of likely N-dealkylation sites (tertiary alicyclic amines) is 1. The van der Waals surface area contributed by atoms with Crippen LogP contribution < -0.4 is 5.73 Å². The number of hydrogen-bond donors (Lipinski definition) is 1. The molecule has 0 radical (unpaired) electrons. The monoisotopic (exact) mass is 289 g/mol. The van der Waals surface area contributed by atoms with Crippen LogP contribution in [0.25, 0.3) is 10.2 Å². The first-order valence-electron chi connectivity index (χ1n) is 7.03. The van der Waals surface area contributed by atoms with Crippen LogP contribution in [-0.2, 0) is 0 Å². The molecular weight excluding hydrogens is 270 g/mol. The van der Waals surface area contributed by atoms with Crippen molar-refractivity contribution in [1.29, 1.82) is 0 Å². The van der Waals surface area contributed by atoms with Gasteiger partial charge in [0.1, 0.15) is 10.4 Å². The lowest BCUT2D eigenvalue weighted by Crippen LogP contribution is -2.38. The van der Waals surface area contributed by atoms with Crippen molar-refractivity contribution < 1.29 is 4.79 Å². The summed E-state index contributed by atoms with van der Waals surface area (Å²) in [4.78, 5) is 19.7. The van der Waals surface area contributed by atoms with Crippen LogP contribution in [0.4, 0.5) is 5.69 Å². The Labute approximate surface area is 122 Å². The highest BCUT2D eigenvalue weighted by Gasteiger charge is 2.33. The van der Waals surface area contributed by atoms with E-state index in [2.05, 4.69) is 18.8 Å². The number of rotatable bonds is 2. The van der Waals surface area contributed by atoms with Crippen molar-refractivity contribution in [2.75, 3.05) is 12.3 Å². The largest absolute Gasteiger partial charge is 0.396 e. The fraction of sp³-hybridized carbons (Fsp3) is 0.467. The number of amides is 1. The molecule has 2 aromatic rings. The third-order valence-corrected chi connectivity index (χ3v) is 5.15. The van der Waals surface area contributed by atoms with Crippen molar-refractivity contribution in [1.82, 2.24) is 9.88 Å². The first kappa shape index (κ1) is 13.4. The van der Waals surface area contributed by atoms with Crippen molar-refractivity contribution >= 4 is 33.1 Å². The van der Waals surface area contributed by atoms with E-state index >= 15 is 0 Å². The van der Waals surface area contributed by atoms with Gasteiger partial charge in [-0.15, -0.1) is 11.3 Å². The zero-order chi connectivity index (χ0) is 14.3. The lowest BCUT2D eigenvalue weighted by atomic mass is 10.0. The lowest BCUT2D eigenvalue weighted by Gasteiger charge is -2.27. The molecule has 0 aliphatic carbocycles. The topological polar surface area (TPSA) is 59.2 Å². The lowest BCUT2D eigenvalue weighted by molar-refractivity contribution is 0.0707. The molecule has 2 aromatic heterocycles. The molecule has 1 fully saturated rings. The van der Waals surface area contributed by atoms with E-state index in [4.69, 9.17) is 5.73 Å². The van der Waals surface area contributed by atoms with E-state index in [0.717, 1.165) is 29.6 Å². The molecule has 0 aromatic carbocycles. The second-order valence-electron chi connectivity index (χ2n) is 5.65. The normalized spacial score (nSPS) is 19.1. The number of hydrogen-bond acceptors (Lipinski definition) is 4. The molecule has 1 saturated heterocycles. The Hall–Kier alpha value is -1.62. The predicted molar refractivity (Wildman–Crippen MR) is 82.9 cm³/mol. The fourth-order valence-electron chi connectivity index (χ4n) is 2.97. The van der Waals surface area contributed by atoms with Crippen LogP contribution in [0.1, 0.15) is 36.4 Å². The first-order valence-corrected chi connectivity index (χ1v) is 7.85. The molecule has 1 aliphatic heterocycles. The minimum atomic E-state index is 0.0710. The molecule has 1 amide bonds. The van der Waals surface area contributed by atoms with Gasteiger partial charge in [-0.1, -0.05) is 13.8 Å². The smallest absolute Gasteiger partial charge is 0.266 e. The van der Waals surface area contributed by atoms with E-state index in [1.54, 1.807) is 6.20 Å². The molecule has 1 atom stereocenters. The van der Waals surface area contributed by atoms with Crippen molar-refractivity contribution in [3.8, 4) is 0 Å². The van der Waals surface area contributed by atoms with E-state index in [1.807, 2.05) is 17.0 Å². The molecule has 2 N–H and O–H groups in total. The number of carbonyl (C=O) groups is 1. The Morgan fingerprint density at radius 3 is 3.05 bits per heavy atom. The first-order chi connectivity index (χ1) is 9.59. The van der Waals surface area contributed by atoms with Gasteiger partial charge in [0.2, 0.25) is 0 Å². The van der Waals surface area contributed by atoms with Gasteiger partial charge in [-0.3, -0.25) is 9.78 Å². The van der Waals surface area contributed by atoms with E-state index in [1.165, 1.54) is 11.3 Å². The van der Waals surface area contributed by atoms with E-state index in [-0.39, 0.29) is 5.91 Å². The Balaban J connectivity index is 1.98. The number of carbonyl (C=O) groups excluding carboxylic acids is 1. The maximum atomic E-state index is 12.8. The maximum Gasteiger partial charge on any atom is 0.266 e. The minimum absolute atomic E-state index is 0.0710. The third kappa shape index (κ3) is 2.06. The summed E-state index contributed by atoms with van der Waals surface area (Å²) in [6.45, 7) is 5.18. The van der Waals surface area contributed by atoms with Crippen LogP contribution in [0, 0.1) is 5.92 Å². The van der Waals surface area contributed by atoms with Crippen LogP contribution >= 0.6 is 11.3 Å². The molecule has 20 heavy (non-hydrogen) atoms. The van der Waals surface area contributed by atoms with E-state index in [0.29, 0.717) is 22.5 Å². The summed E-state index contributed by atoms with van der Waals surface area (Å²) in [5, 5.41) is 0. The zero-order valence-electron chi connectivity index (χ0n) is 11.8. The van der Waals surface area contributed by atoms with Crippen LogP contribution in [0.5, 0.6) is 0 Å². The van der Waals surface area contributed by atoms with Gasteiger partial charge in [0.25, 0.3) is 5.91 Å². The number of fused-ring (bicyclic) bond motifs is 1. The van der Waals surface area contributed by atoms with E-state index < -0.39 is 0 Å². The van der Waals surface area contributed by atoms with E-state index in [9.17, 15) is 4.79 Å². The molecule has 1 unspecified atom stereocenters. The second-order valence-corrected chi connectivity index (χ2v) is 6.70. The molecule has 0 bridgehead atoms. The van der Waals surface area contributed by atoms with Gasteiger partial charge < -0.3 is 10.6 Å². The molecule has 1 aliphatic rings. The van der Waals surface area contributed by atoms with Gasteiger partial charge >= 0.3 is 0 Å². The molecule has 3 rings (SSSR count). The molecule has 0 saturated carbocycles. The van der Waals surface area contributed by atoms with Crippen LogP contribution in [0.3, 0.4) is 0 Å². The summed E-state index contributed by atoms with van der Waals surface area (Å²) in [5.74, 6) is 0.553.